The summed E-state index contributed by atoms with van der Waals surface area (Å²) in [6.07, 6.45) is 8.22. The highest BCUT2D eigenvalue weighted by atomic mass is 16.1. The van der Waals surface area contributed by atoms with Crippen LogP contribution in [0.15, 0.2) is 60.7 Å². The molecule has 0 aliphatic heterocycles. The third-order valence-electron chi connectivity index (χ3n) is 4.62. The van der Waals surface area contributed by atoms with Gasteiger partial charge < -0.3 is 9.88 Å². The molecule has 0 saturated heterocycles. The molecule has 2 aromatic carbocycles. The van der Waals surface area contributed by atoms with Gasteiger partial charge in [0.25, 0.3) is 0 Å². The number of unbranched alkanes of at least 4 members (excludes halogenated alkanes) is 3. The minimum atomic E-state index is -0.108. The normalized spacial score (nSPS) is 11.3. The van der Waals surface area contributed by atoms with E-state index < -0.39 is 0 Å². The molecule has 0 fully saturated rings. The smallest absolute Gasteiger partial charge is 0.244 e. The number of benzene rings is 2. The molecular formula is C23H27N3O. The van der Waals surface area contributed by atoms with Gasteiger partial charge in [-0.25, -0.2) is 4.98 Å². The molecule has 1 N–H and O–H groups in total. The van der Waals surface area contributed by atoms with E-state index in [1.807, 2.05) is 54.6 Å². The summed E-state index contributed by atoms with van der Waals surface area (Å²) >= 11 is 0. The van der Waals surface area contributed by atoms with Gasteiger partial charge in [0.1, 0.15) is 5.82 Å². The van der Waals surface area contributed by atoms with E-state index in [9.17, 15) is 4.79 Å². The molecule has 0 aliphatic rings. The van der Waals surface area contributed by atoms with E-state index in [2.05, 4.69) is 22.9 Å². The fraction of sp³-hybridized carbons (Fsp3) is 0.304. The fourth-order valence-electron chi connectivity index (χ4n) is 3.17. The predicted octanol–water partition coefficient (Wildman–Crippen LogP) is 4.95. The Kier molecular flexibility index (Phi) is 6.80. The molecule has 4 nitrogen and oxygen atoms in total. The first-order chi connectivity index (χ1) is 13.3. The van der Waals surface area contributed by atoms with Crippen molar-refractivity contribution in [3.63, 3.8) is 0 Å². The maximum atomic E-state index is 12.2. The van der Waals surface area contributed by atoms with Crippen molar-refractivity contribution in [1.82, 2.24) is 14.9 Å². The lowest BCUT2D eigenvalue weighted by Crippen LogP contribution is -2.22. The first-order valence-electron chi connectivity index (χ1n) is 9.73. The summed E-state index contributed by atoms with van der Waals surface area (Å²) in [5.41, 5.74) is 3.13. The minimum Gasteiger partial charge on any atom is -0.345 e. The molecule has 1 aromatic heterocycles. The van der Waals surface area contributed by atoms with Crippen molar-refractivity contribution in [2.75, 3.05) is 0 Å². The third kappa shape index (κ3) is 5.30. The number of hydrogen-bond donors (Lipinski definition) is 1. The molecule has 27 heavy (non-hydrogen) atoms. The Balaban J connectivity index is 1.66. The van der Waals surface area contributed by atoms with E-state index in [0.717, 1.165) is 35.4 Å². The second-order valence-corrected chi connectivity index (χ2v) is 6.69. The van der Waals surface area contributed by atoms with E-state index in [-0.39, 0.29) is 5.91 Å². The molecule has 1 amide bonds. The first-order valence-corrected chi connectivity index (χ1v) is 9.73. The largest absolute Gasteiger partial charge is 0.345 e. The number of rotatable bonds is 9. The summed E-state index contributed by atoms with van der Waals surface area (Å²) in [7, 11) is 0. The number of carbonyl (C=O) groups excluding carboxylic acids is 1. The van der Waals surface area contributed by atoms with Crippen LogP contribution in [-0.2, 0) is 17.9 Å². The van der Waals surface area contributed by atoms with Gasteiger partial charge in [0.15, 0.2) is 0 Å². The maximum Gasteiger partial charge on any atom is 0.244 e. The van der Waals surface area contributed by atoms with Gasteiger partial charge >= 0.3 is 0 Å². The van der Waals surface area contributed by atoms with Crippen LogP contribution in [0.2, 0.25) is 0 Å². The molecule has 3 aromatic rings. The van der Waals surface area contributed by atoms with Crippen LogP contribution in [-0.4, -0.2) is 15.5 Å². The quantitative estimate of drug-likeness (QED) is 0.433. The molecule has 0 aliphatic carbocycles. The van der Waals surface area contributed by atoms with Gasteiger partial charge in [-0.1, -0.05) is 68.7 Å². The number of imidazole rings is 1. The van der Waals surface area contributed by atoms with Crippen molar-refractivity contribution in [3.05, 3.63) is 72.1 Å². The molecule has 0 radical (unpaired) electrons. The fourth-order valence-corrected chi connectivity index (χ4v) is 3.17. The monoisotopic (exact) mass is 361 g/mol. The lowest BCUT2D eigenvalue weighted by Gasteiger charge is -2.09. The molecule has 0 spiro atoms. The van der Waals surface area contributed by atoms with E-state index in [4.69, 9.17) is 4.98 Å². The highest BCUT2D eigenvalue weighted by Crippen LogP contribution is 2.17. The van der Waals surface area contributed by atoms with Gasteiger partial charge in [0.05, 0.1) is 17.6 Å². The van der Waals surface area contributed by atoms with Gasteiger partial charge in [-0.2, -0.15) is 0 Å². The number of hydrogen-bond acceptors (Lipinski definition) is 2. The topological polar surface area (TPSA) is 46.9 Å². The van der Waals surface area contributed by atoms with Crippen LogP contribution in [0.4, 0.5) is 0 Å². The van der Waals surface area contributed by atoms with Crippen molar-refractivity contribution in [2.24, 2.45) is 0 Å². The summed E-state index contributed by atoms with van der Waals surface area (Å²) in [4.78, 5) is 16.9. The number of carbonyl (C=O) groups is 1. The zero-order valence-electron chi connectivity index (χ0n) is 15.9. The van der Waals surface area contributed by atoms with Crippen LogP contribution in [0.5, 0.6) is 0 Å². The average Bonchev–Trinajstić information content (AvgIpc) is 3.06. The maximum absolute atomic E-state index is 12.2. The van der Waals surface area contributed by atoms with E-state index in [1.165, 1.54) is 19.3 Å². The number of nitrogens with one attached hydrogen (secondary N) is 1. The summed E-state index contributed by atoms with van der Waals surface area (Å²) in [5, 5.41) is 2.96. The number of amides is 1. The Hall–Kier alpha value is -2.88. The second-order valence-electron chi connectivity index (χ2n) is 6.69. The Morgan fingerprint density at radius 2 is 1.81 bits per heavy atom. The zero-order chi connectivity index (χ0) is 18.9. The number of fused-ring (bicyclic) bond motifs is 1. The van der Waals surface area contributed by atoms with E-state index in [0.29, 0.717) is 6.54 Å². The van der Waals surface area contributed by atoms with Crippen LogP contribution in [0.1, 0.15) is 44.0 Å². The van der Waals surface area contributed by atoms with Crippen LogP contribution < -0.4 is 5.32 Å². The van der Waals surface area contributed by atoms with E-state index >= 15 is 0 Å². The number of nitrogens with zero attached hydrogens (tertiary/aromatic N) is 2. The molecular weight excluding hydrogens is 334 g/mol. The summed E-state index contributed by atoms with van der Waals surface area (Å²) in [5.74, 6) is 0.803. The molecule has 0 saturated carbocycles. The minimum absolute atomic E-state index is 0.108. The van der Waals surface area contributed by atoms with Crippen LogP contribution in [0.25, 0.3) is 17.1 Å². The van der Waals surface area contributed by atoms with Crippen molar-refractivity contribution in [1.29, 1.82) is 0 Å². The summed E-state index contributed by atoms with van der Waals surface area (Å²) in [6, 6.07) is 18.0. The number of para-hydroxylation sites is 2. The Morgan fingerprint density at radius 1 is 1.04 bits per heavy atom. The average molecular weight is 361 g/mol. The summed E-state index contributed by atoms with van der Waals surface area (Å²) < 4.78 is 2.24. The Bertz CT molecular complexity index is 896. The first kappa shape index (κ1) is 18.9. The van der Waals surface area contributed by atoms with Gasteiger partial charge in [0.2, 0.25) is 5.91 Å². The molecule has 3 rings (SSSR count). The standard InChI is InChI=1S/C23H27N3O/c1-2-3-4-10-17-26-21-14-9-8-13-20(21)25-22(26)18-24-23(27)16-15-19-11-6-5-7-12-19/h5-9,11-16H,2-4,10,17-18H2,1H3,(H,24,27)/b16-15-. The molecule has 4 heteroatoms. The highest BCUT2D eigenvalue weighted by molar-refractivity contribution is 5.91. The van der Waals surface area contributed by atoms with Gasteiger partial charge in [0, 0.05) is 12.6 Å². The lowest BCUT2D eigenvalue weighted by molar-refractivity contribution is -0.116. The highest BCUT2D eigenvalue weighted by Gasteiger charge is 2.10. The molecule has 0 unspecified atom stereocenters. The van der Waals surface area contributed by atoms with Gasteiger partial charge in [-0.15, -0.1) is 0 Å². The molecule has 0 atom stereocenters. The van der Waals surface area contributed by atoms with Crippen LogP contribution in [0, 0.1) is 0 Å². The zero-order valence-corrected chi connectivity index (χ0v) is 15.9. The van der Waals surface area contributed by atoms with Gasteiger partial charge in [-0.3, -0.25) is 4.79 Å². The van der Waals surface area contributed by atoms with E-state index in [1.54, 1.807) is 6.08 Å². The van der Waals surface area contributed by atoms with Crippen molar-refractivity contribution in [2.45, 2.75) is 45.7 Å². The van der Waals surface area contributed by atoms with Crippen LogP contribution >= 0.6 is 0 Å². The Labute approximate surface area is 160 Å². The lowest BCUT2D eigenvalue weighted by atomic mass is 10.2. The molecule has 0 bridgehead atoms. The van der Waals surface area contributed by atoms with Crippen molar-refractivity contribution < 1.29 is 4.79 Å². The molecule has 1 heterocycles. The van der Waals surface area contributed by atoms with Gasteiger partial charge in [-0.05, 0) is 30.2 Å². The number of aromatic nitrogens is 2. The summed E-state index contributed by atoms with van der Waals surface area (Å²) in [6.45, 7) is 3.59. The van der Waals surface area contributed by atoms with Crippen LogP contribution in [0.3, 0.4) is 0 Å². The predicted molar refractivity (Wildman–Crippen MR) is 111 cm³/mol. The van der Waals surface area contributed by atoms with Crippen molar-refractivity contribution in [3.8, 4) is 0 Å². The second kappa shape index (κ2) is 9.72. The third-order valence-corrected chi connectivity index (χ3v) is 4.62. The Morgan fingerprint density at radius 3 is 2.63 bits per heavy atom. The molecule has 140 valence electrons. The van der Waals surface area contributed by atoms with Crippen molar-refractivity contribution >= 4 is 23.0 Å². The number of aryl methyl sites for hydroxylation is 1. The SMILES string of the molecule is CCCCCCn1c(CNC(=O)/C=C\c2ccccc2)nc2ccccc21.